The number of amides is 1. The molecule has 1 aromatic carbocycles. The molecule has 0 N–H and O–H groups in total. The maximum atomic E-state index is 12.9. The average Bonchev–Trinajstić information content (AvgIpc) is 2.93. The second-order valence-electron chi connectivity index (χ2n) is 6.92. The summed E-state index contributed by atoms with van der Waals surface area (Å²) in [5.74, 6) is -0.0281. The van der Waals surface area contributed by atoms with Crippen molar-refractivity contribution >= 4 is 22.5 Å². The molecule has 1 fully saturated rings. The van der Waals surface area contributed by atoms with Crippen molar-refractivity contribution in [1.82, 2.24) is 19.1 Å². The zero-order chi connectivity index (χ0) is 17.6. The minimum atomic E-state index is -0.257. The summed E-state index contributed by atoms with van der Waals surface area (Å²) in [6.07, 6.45) is 3.21. The van der Waals surface area contributed by atoms with Gasteiger partial charge in [-0.3, -0.25) is 4.79 Å². The molecule has 3 aromatic rings. The van der Waals surface area contributed by atoms with Crippen molar-refractivity contribution in [3.05, 3.63) is 46.4 Å². The highest BCUT2D eigenvalue weighted by Gasteiger charge is 2.24. The van der Waals surface area contributed by atoms with Crippen LogP contribution in [0.25, 0.3) is 16.6 Å². The van der Waals surface area contributed by atoms with E-state index in [0.717, 1.165) is 42.3 Å². The molecule has 1 saturated heterocycles. The van der Waals surface area contributed by atoms with Crippen LogP contribution in [-0.2, 0) is 11.3 Å². The summed E-state index contributed by atoms with van der Waals surface area (Å²) in [5.41, 5.74) is 2.10. The van der Waals surface area contributed by atoms with Crippen LogP contribution >= 0.6 is 0 Å². The van der Waals surface area contributed by atoms with Gasteiger partial charge in [0.05, 0.1) is 5.52 Å². The van der Waals surface area contributed by atoms with Crippen LogP contribution in [0.4, 0.5) is 0 Å². The Morgan fingerprint density at radius 2 is 2.08 bits per heavy atom. The van der Waals surface area contributed by atoms with E-state index in [4.69, 9.17) is 0 Å². The van der Waals surface area contributed by atoms with Gasteiger partial charge in [-0.2, -0.15) is 0 Å². The molecule has 3 heterocycles. The van der Waals surface area contributed by atoms with Crippen molar-refractivity contribution in [2.24, 2.45) is 0 Å². The van der Waals surface area contributed by atoms with Crippen molar-refractivity contribution in [3.8, 4) is 0 Å². The fourth-order valence-corrected chi connectivity index (χ4v) is 3.78. The van der Waals surface area contributed by atoms with E-state index in [-0.39, 0.29) is 24.2 Å². The molecule has 25 heavy (non-hydrogen) atoms. The number of likely N-dealkylation sites (tertiary alicyclic amines) is 1. The first-order chi connectivity index (χ1) is 12.1. The number of aryl methyl sites for hydroxylation is 1. The summed E-state index contributed by atoms with van der Waals surface area (Å²) in [7, 11) is 0. The third-order valence-corrected chi connectivity index (χ3v) is 5.15. The summed E-state index contributed by atoms with van der Waals surface area (Å²) < 4.78 is 2.91. The van der Waals surface area contributed by atoms with Crippen LogP contribution in [0.1, 0.15) is 31.7 Å². The number of pyridine rings is 1. The fourth-order valence-electron chi connectivity index (χ4n) is 3.78. The predicted molar refractivity (Wildman–Crippen MR) is 96.7 cm³/mol. The standard InChI is InChI=1S/C19H22N4O2/c1-13-11-15-8-3-4-9-16(15)23-18(13)20-22(19(23)25)12-17(24)21-10-6-5-7-14(21)2/h3-4,8-9,11,14H,5-7,10,12H2,1-2H3/t14-/m0/s1. The van der Waals surface area contributed by atoms with Crippen LogP contribution in [-0.4, -0.2) is 37.6 Å². The maximum Gasteiger partial charge on any atom is 0.351 e. The van der Waals surface area contributed by atoms with Crippen LogP contribution in [0.5, 0.6) is 0 Å². The van der Waals surface area contributed by atoms with Crippen LogP contribution in [0.2, 0.25) is 0 Å². The van der Waals surface area contributed by atoms with Crippen LogP contribution in [0.3, 0.4) is 0 Å². The highest BCUT2D eigenvalue weighted by Crippen LogP contribution is 2.19. The molecular weight excluding hydrogens is 316 g/mol. The van der Waals surface area contributed by atoms with Crippen LogP contribution < -0.4 is 5.69 Å². The number of fused-ring (bicyclic) bond motifs is 3. The van der Waals surface area contributed by atoms with E-state index in [2.05, 4.69) is 12.0 Å². The molecule has 6 nitrogen and oxygen atoms in total. The molecule has 2 aromatic heterocycles. The molecular formula is C19H22N4O2. The molecule has 1 aliphatic rings. The van der Waals surface area contributed by atoms with Gasteiger partial charge in [-0.25, -0.2) is 13.9 Å². The molecule has 0 unspecified atom stereocenters. The molecule has 130 valence electrons. The number of piperidine rings is 1. The van der Waals surface area contributed by atoms with E-state index in [1.165, 1.54) is 4.68 Å². The lowest BCUT2D eigenvalue weighted by atomic mass is 10.0. The summed E-state index contributed by atoms with van der Waals surface area (Å²) in [4.78, 5) is 27.4. The van der Waals surface area contributed by atoms with Gasteiger partial charge >= 0.3 is 5.69 Å². The minimum absolute atomic E-state index is 0.00137. The number of carbonyl (C=O) groups is 1. The maximum absolute atomic E-state index is 12.9. The Morgan fingerprint density at radius 1 is 1.28 bits per heavy atom. The quantitative estimate of drug-likeness (QED) is 0.721. The number of nitrogens with zero attached hydrogens (tertiary/aromatic N) is 4. The largest absolute Gasteiger partial charge is 0.351 e. The van der Waals surface area contributed by atoms with Gasteiger partial charge in [0.15, 0.2) is 5.65 Å². The Kier molecular flexibility index (Phi) is 3.82. The van der Waals surface area contributed by atoms with Gasteiger partial charge < -0.3 is 4.90 Å². The average molecular weight is 338 g/mol. The molecule has 1 amide bonds. The minimum Gasteiger partial charge on any atom is -0.338 e. The number of para-hydroxylation sites is 1. The molecule has 0 bridgehead atoms. The van der Waals surface area contributed by atoms with Gasteiger partial charge in [-0.1, -0.05) is 18.2 Å². The third kappa shape index (κ3) is 2.62. The summed E-state index contributed by atoms with van der Waals surface area (Å²) in [6, 6.07) is 9.99. The Bertz CT molecular complexity index is 1020. The first-order valence-electron chi connectivity index (χ1n) is 8.83. The van der Waals surface area contributed by atoms with Gasteiger partial charge in [0, 0.05) is 12.6 Å². The van der Waals surface area contributed by atoms with Crippen molar-refractivity contribution in [2.45, 2.75) is 45.7 Å². The first-order valence-corrected chi connectivity index (χ1v) is 8.83. The highest BCUT2D eigenvalue weighted by atomic mass is 16.2. The fraction of sp³-hybridized carbons (Fsp3) is 0.421. The lowest BCUT2D eigenvalue weighted by Crippen LogP contribution is -2.44. The number of rotatable bonds is 2. The van der Waals surface area contributed by atoms with Crippen molar-refractivity contribution < 1.29 is 4.79 Å². The smallest absolute Gasteiger partial charge is 0.338 e. The van der Waals surface area contributed by atoms with Gasteiger partial charge in [-0.15, -0.1) is 5.10 Å². The topological polar surface area (TPSA) is 59.6 Å². The number of hydrogen-bond donors (Lipinski definition) is 0. The molecule has 0 aliphatic carbocycles. The van der Waals surface area contributed by atoms with E-state index in [9.17, 15) is 9.59 Å². The number of carbonyl (C=O) groups excluding carboxylic acids is 1. The lowest BCUT2D eigenvalue weighted by Gasteiger charge is -2.33. The Balaban J connectivity index is 1.77. The molecule has 0 saturated carbocycles. The van der Waals surface area contributed by atoms with E-state index in [1.54, 1.807) is 4.40 Å². The zero-order valence-corrected chi connectivity index (χ0v) is 14.6. The van der Waals surface area contributed by atoms with Gasteiger partial charge in [0.2, 0.25) is 5.91 Å². The number of benzene rings is 1. The SMILES string of the molecule is Cc1cc2ccccc2n2c(=O)n(CC(=O)N3CCCC[C@@H]3C)nc12. The number of hydrogen-bond acceptors (Lipinski definition) is 3. The molecule has 0 radical (unpaired) electrons. The summed E-state index contributed by atoms with van der Waals surface area (Å²) in [6.45, 7) is 4.77. The van der Waals surface area contributed by atoms with Gasteiger partial charge in [0.1, 0.15) is 6.54 Å². The Morgan fingerprint density at radius 3 is 2.88 bits per heavy atom. The monoisotopic (exact) mass is 338 g/mol. The summed E-state index contributed by atoms with van der Waals surface area (Å²) in [5, 5.41) is 5.43. The van der Waals surface area contributed by atoms with Crippen molar-refractivity contribution in [1.29, 1.82) is 0 Å². The zero-order valence-electron chi connectivity index (χ0n) is 14.6. The van der Waals surface area contributed by atoms with E-state index < -0.39 is 0 Å². The normalized spacial score (nSPS) is 18.2. The first kappa shape index (κ1) is 15.9. The van der Waals surface area contributed by atoms with Crippen molar-refractivity contribution in [3.63, 3.8) is 0 Å². The predicted octanol–water partition coefficient (Wildman–Crippen LogP) is 2.36. The number of aromatic nitrogens is 3. The summed E-state index contributed by atoms with van der Waals surface area (Å²) >= 11 is 0. The molecule has 4 rings (SSSR count). The van der Waals surface area contributed by atoms with E-state index >= 15 is 0 Å². The lowest BCUT2D eigenvalue weighted by molar-refractivity contribution is -0.135. The molecule has 1 atom stereocenters. The van der Waals surface area contributed by atoms with Gasteiger partial charge in [0.25, 0.3) is 0 Å². The van der Waals surface area contributed by atoms with E-state index in [1.807, 2.05) is 42.2 Å². The van der Waals surface area contributed by atoms with E-state index in [0.29, 0.717) is 5.65 Å². The molecule has 1 aliphatic heterocycles. The molecule has 6 heteroatoms. The second kappa shape index (κ2) is 6.02. The van der Waals surface area contributed by atoms with Crippen LogP contribution in [0, 0.1) is 6.92 Å². The Labute approximate surface area is 145 Å². The van der Waals surface area contributed by atoms with Crippen LogP contribution in [0.15, 0.2) is 35.1 Å². The Hall–Kier alpha value is -2.63. The second-order valence-corrected chi connectivity index (χ2v) is 6.92. The van der Waals surface area contributed by atoms with Crippen molar-refractivity contribution in [2.75, 3.05) is 6.54 Å². The molecule has 0 spiro atoms. The highest BCUT2D eigenvalue weighted by molar-refractivity contribution is 5.83. The third-order valence-electron chi connectivity index (χ3n) is 5.15. The van der Waals surface area contributed by atoms with Gasteiger partial charge in [-0.05, 0) is 56.2 Å².